The van der Waals surface area contributed by atoms with E-state index in [-0.39, 0.29) is 29.3 Å². The lowest BCUT2D eigenvalue weighted by Gasteiger charge is -2.28. The van der Waals surface area contributed by atoms with Crippen molar-refractivity contribution < 1.29 is 41.7 Å². The lowest BCUT2D eigenvalue weighted by molar-refractivity contribution is -0.274. The number of aromatic nitrogens is 3. The summed E-state index contributed by atoms with van der Waals surface area (Å²) in [5.41, 5.74) is 0.828. The van der Waals surface area contributed by atoms with E-state index in [1.54, 1.807) is 26.0 Å². The third kappa shape index (κ3) is 7.49. The number of H-pyrrole nitrogens is 1. The van der Waals surface area contributed by atoms with Gasteiger partial charge in [0.25, 0.3) is 5.88 Å². The zero-order valence-electron chi connectivity index (χ0n) is 19.3. The van der Waals surface area contributed by atoms with E-state index in [0.717, 1.165) is 18.4 Å². The van der Waals surface area contributed by atoms with Gasteiger partial charge in [0, 0.05) is 13.1 Å². The maximum atomic E-state index is 12.3. The summed E-state index contributed by atoms with van der Waals surface area (Å²) in [6, 6.07) is 5.87. The van der Waals surface area contributed by atoms with Crippen LogP contribution in [0.25, 0.3) is 0 Å². The molecule has 1 aromatic heterocycles. The highest BCUT2D eigenvalue weighted by atomic mass is 19.4. The molecule has 1 fully saturated rings. The van der Waals surface area contributed by atoms with Gasteiger partial charge < -0.3 is 23.8 Å². The molecule has 1 saturated carbocycles. The minimum atomic E-state index is -4.72. The van der Waals surface area contributed by atoms with Crippen molar-refractivity contribution in [2.45, 2.75) is 57.9 Å². The Labute approximate surface area is 199 Å². The van der Waals surface area contributed by atoms with Crippen molar-refractivity contribution in [3.63, 3.8) is 0 Å². The Kier molecular flexibility index (Phi) is 8.77. The number of nitrogens with one attached hydrogen (secondary N) is 1. The average Bonchev–Trinajstić information content (AvgIpc) is 3.28. The molecule has 35 heavy (non-hydrogen) atoms. The van der Waals surface area contributed by atoms with Gasteiger partial charge in [0.15, 0.2) is 0 Å². The van der Waals surface area contributed by atoms with Gasteiger partial charge in [-0.25, -0.2) is 14.7 Å². The van der Waals surface area contributed by atoms with Crippen molar-refractivity contribution in [2.24, 2.45) is 0 Å². The Bertz CT molecular complexity index is 970. The van der Waals surface area contributed by atoms with Crippen LogP contribution in [0.15, 0.2) is 24.3 Å². The van der Waals surface area contributed by atoms with E-state index in [0.29, 0.717) is 25.9 Å². The van der Waals surface area contributed by atoms with Gasteiger partial charge in [-0.05, 0) is 63.1 Å². The van der Waals surface area contributed by atoms with Gasteiger partial charge in [0.05, 0.1) is 0 Å². The Hall–Kier alpha value is -3.51. The smallest absolute Gasteiger partial charge is 0.472 e. The van der Waals surface area contributed by atoms with E-state index in [2.05, 4.69) is 20.1 Å². The van der Waals surface area contributed by atoms with Crippen molar-refractivity contribution in [3.05, 3.63) is 35.5 Å². The first-order valence-corrected chi connectivity index (χ1v) is 11.2. The van der Waals surface area contributed by atoms with Crippen molar-refractivity contribution in [3.8, 4) is 11.6 Å². The van der Waals surface area contributed by atoms with Crippen LogP contribution in [0.1, 0.15) is 61.5 Å². The predicted octanol–water partition coefficient (Wildman–Crippen LogP) is 4.40. The van der Waals surface area contributed by atoms with E-state index < -0.39 is 25.2 Å². The number of carbonyl (C=O) groups is 2. The lowest BCUT2D eigenvalue weighted by atomic mass is 9.83. The quantitative estimate of drug-likeness (QED) is 0.398. The van der Waals surface area contributed by atoms with Crippen molar-refractivity contribution in [1.29, 1.82) is 0 Å². The molecule has 0 atom stereocenters. The molecular weight excluding hydrogens is 473 g/mol. The maximum absolute atomic E-state index is 12.3. The molecule has 1 aliphatic rings. The van der Waals surface area contributed by atoms with Gasteiger partial charge in [-0.3, -0.25) is 0 Å². The summed E-state index contributed by atoms with van der Waals surface area (Å²) in [5.74, 6) is -0.932. The summed E-state index contributed by atoms with van der Waals surface area (Å²) in [7, 11) is 0. The molecule has 1 amide bonds. The molecule has 1 aromatic carbocycles. The number of hydrogen-bond donors (Lipinski definition) is 1. The van der Waals surface area contributed by atoms with Gasteiger partial charge in [-0.2, -0.15) is 0 Å². The van der Waals surface area contributed by atoms with Gasteiger partial charge in [0.2, 0.25) is 12.5 Å². The Balaban J connectivity index is 1.47. The first-order chi connectivity index (χ1) is 16.7. The fourth-order valence-electron chi connectivity index (χ4n) is 3.83. The molecule has 0 unspecified atom stereocenters. The van der Waals surface area contributed by atoms with Crippen LogP contribution >= 0.6 is 0 Å². The highest BCUT2D eigenvalue weighted by Gasteiger charge is 2.31. The normalized spacial score (nSPS) is 18.0. The molecule has 10 nitrogen and oxygen atoms in total. The summed E-state index contributed by atoms with van der Waals surface area (Å²) < 4.78 is 56.6. The second-order valence-electron chi connectivity index (χ2n) is 7.83. The van der Waals surface area contributed by atoms with Gasteiger partial charge in [-0.15, -0.1) is 13.2 Å². The summed E-state index contributed by atoms with van der Waals surface area (Å²) in [6.45, 7) is 3.96. The number of nitrogens with zero attached hydrogens (tertiary/aromatic N) is 3. The first kappa shape index (κ1) is 26.1. The fourth-order valence-corrected chi connectivity index (χ4v) is 3.83. The van der Waals surface area contributed by atoms with E-state index >= 15 is 0 Å². The van der Waals surface area contributed by atoms with Crippen molar-refractivity contribution in [1.82, 2.24) is 20.3 Å². The number of esters is 1. The van der Waals surface area contributed by atoms with Crippen molar-refractivity contribution in [2.75, 3.05) is 19.9 Å². The van der Waals surface area contributed by atoms with E-state index in [9.17, 15) is 22.8 Å². The van der Waals surface area contributed by atoms with E-state index in [1.807, 2.05) is 0 Å². The number of halogens is 3. The van der Waals surface area contributed by atoms with E-state index in [4.69, 9.17) is 14.2 Å². The zero-order valence-corrected chi connectivity index (χ0v) is 19.3. The van der Waals surface area contributed by atoms with Crippen LogP contribution in [0, 0.1) is 0 Å². The van der Waals surface area contributed by atoms with Crippen LogP contribution in [0.3, 0.4) is 0 Å². The van der Waals surface area contributed by atoms with Crippen molar-refractivity contribution >= 4 is 12.1 Å². The monoisotopic (exact) mass is 500 g/mol. The highest BCUT2D eigenvalue weighted by molar-refractivity contribution is 5.89. The number of rotatable bonds is 9. The third-order valence-corrected chi connectivity index (χ3v) is 5.65. The number of aromatic amines is 1. The molecular formula is C22H27F3N4O6. The molecule has 13 heteroatoms. The molecule has 192 valence electrons. The van der Waals surface area contributed by atoms with Crippen LogP contribution in [0.4, 0.5) is 18.0 Å². The minimum Gasteiger partial charge on any atom is -0.472 e. The lowest BCUT2D eigenvalue weighted by Crippen LogP contribution is -2.32. The topological polar surface area (TPSA) is 116 Å². The van der Waals surface area contributed by atoms with Gasteiger partial charge in [0.1, 0.15) is 11.9 Å². The largest absolute Gasteiger partial charge is 0.573 e. The number of benzene rings is 1. The van der Waals surface area contributed by atoms with Gasteiger partial charge in [-0.1, -0.05) is 22.4 Å². The first-order valence-electron chi connectivity index (χ1n) is 11.2. The Morgan fingerprint density at radius 1 is 1.06 bits per heavy atom. The van der Waals surface area contributed by atoms with Gasteiger partial charge >= 0.3 is 18.4 Å². The molecule has 1 heterocycles. The van der Waals surface area contributed by atoms with Crippen LogP contribution < -0.4 is 9.47 Å². The number of ether oxygens (including phenoxy) is 4. The molecule has 0 saturated heterocycles. The van der Waals surface area contributed by atoms with Crippen LogP contribution in [-0.2, 0) is 9.47 Å². The molecule has 0 aliphatic heterocycles. The number of hydrogen-bond acceptors (Lipinski definition) is 8. The molecule has 2 aromatic rings. The number of amides is 1. The summed E-state index contributed by atoms with van der Waals surface area (Å²) in [4.78, 5) is 25.6. The average molecular weight is 500 g/mol. The summed E-state index contributed by atoms with van der Waals surface area (Å²) in [5, 5.41) is 9.82. The van der Waals surface area contributed by atoms with Crippen LogP contribution in [0.5, 0.6) is 11.6 Å². The molecule has 1 N–H and O–H groups in total. The number of alkyl halides is 3. The molecule has 0 spiro atoms. The SMILES string of the molecule is CCN(CC)C(=O)OCOC(=O)c1[nH]nnc1OC1CCC(c2ccc(OC(F)(F)F)cc2)CC1. The highest BCUT2D eigenvalue weighted by Crippen LogP contribution is 2.35. The second kappa shape index (κ2) is 11.8. The summed E-state index contributed by atoms with van der Waals surface area (Å²) >= 11 is 0. The third-order valence-electron chi connectivity index (χ3n) is 5.65. The maximum Gasteiger partial charge on any atom is 0.573 e. The molecule has 0 bridgehead atoms. The standard InChI is InChI=1S/C22H27F3N4O6/c1-3-29(4-2)21(31)33-13-32-20(30)18-19(27-28-26-18)34-16-9-5-14(6-10-16)15-7-11-17(12-8-15)35-22(23,24)25/h7-8,11-12,14,16H,3-6,9-10,13H2,1-2H3,(H,26,27,28). The zero-order chi connectivity index (χ0) is 25.4. The molecule has 3 rings (SSSR count). The van der Waals surface area contributed by atoms with Crippen LogP contribution in [-0.4, -0.2) is 64.7 Å². The second-order valence-corrected chi connectivity index (χ2v) is 7.83. The van der Waals surface area contributed by atoms with Crippen LogP contribution in [0.2, 0.25) is 0 Å². The molecule has 0 radical (unpaired) electrons. The number of carbonyl (C=O) groups excluding carboxylic acids is 2. The predicted molar refractivity (Wildman–Crippen MR) is 115 cm³/mol. The minimum absolute atomic E-state index is 0.0119. The Morgan fingerprint density at radius 3 is 2.31 bits per heavy atom. The molecule has 1 aliphatic carbocycles. The Morgan fingerprint density at radius 2 is 1.71 bits per heavy atom. The summed E-state index contributed by atoms with van der Waals surface area (Å²) in [6.07, 6.45) is -2.77. The fraction of sp³-hybridized carbons (Fsp3) is 0.545. The van der Waals surface area contributed by atoms with E-state index in [1.165, 1.54) is 17.0 Å².